The van der Waals surface area contributed by atoms with E-state index in [0.717, 1.165) is 30.8 Å². The fraction of sp³-hybridized carbons (Fsp3) is 0.500. The maximum atomic E-state index is 12.7. The number of benzene rings is 1. The Hall–Kier alpha value is -2.18. The van der Waals surface area contributed by atoms with Crippen molar-refractivity contribution in [2.45, 2.75) is 32.3 Å². The van der Waals surface area contributed by atoms with Gasteiger partial charge >= 0.3 is 0 Å². The van der Waals surface area contributed by atoms with Crippen molar-refractivity contribution in [2.24, 2.45) is 0 Å². The van der Waals surface area contributed by atoms with Crippen LogP contribution in [0.2, 0.25) is 0 Å². The Morgan fingerprint density at radius 3 is 2.65 bits per heavy atom. The molecule has 1 amide bonds. The highest BCUT2D eigenvalue weighted by molar-refractivity contribution is 5.91. The molecule has 1 aromatic heterocycles. The van der Waals surface area contributed by atoms with Crippen LogP contribution < -0.4 is 0 Å². The van der Waals surface area contributed by atoms with E-state index in [2.05, 4.69) is 10.1 Å². The summed E-state index contributed by atoms with van der Waals surface area (Å²) >= 11 is 0. The Labute approximate surface area is 154 Å². The maximum absolute atomic E-state index is 12.7. The molecule has 26 heavy (non-hydrogen) atoms. The lowest BCUT2D eigenvalue weighted by molar-refractivity contribution is 0.0713. The van der Waals surface area contributed by atoms with Crippen LogP contribution in [0.25, 0.3) is 0 Å². The second-order valence-corrected chi connectivity index (χ2v) is 7.14. The number of aliphatic hydroxyl groups is 1. The Morgan fingerprint density at radius 2 is 1.96 bits per heavy atom. The fourth-order valence-corrected chi connectivity index (χ4v) is 3.20. The normalized spacial score (nSPS) is 17.3. The number of aromatic nitrogens is 1. The average molecular weight is 357 g/mol. The fourth-order valence-electron chi connectivity index (χ4n) is 3.20. The standard InChI is InChI=1S/C20H27N3O3/c1-15(2)17-13-19(26-21-17)20(25)23-10-6-9-22(11-12-23)14-18(24)16-7-4-3-5-8-16/h3-5,7-8,13,15,18,24H,6,9-12,14H2,1-2H3. The number of carbonyl (C=O) groups is 1. The van der Waals surface area contributed by atoms with Gasteiger partial charge in [0.05, 0.1) is 11.8 Å². The average Bonchev–Trinajstić information content (AvgIpc) is 3.04. The van der Waals surface area contributed by atoms with E-state index in [4.69, 9.17) is 4.52 Å². The summed E-state index contributed by atoms with van der Waals surface area (Å²) in [5, 5.41) is 14.4. The number of aliphatic hydroxyl groups excluding tert-OH is 1. The lowest BCUT2D eigenvalue weighted by atomic mass is 10.1. The van der Waals surface area contributed by atoms with Crippen LogP contribution >= 0.6 is 0 Å². The van der Waals surface area contributed by atoms with E-state index in [9.17, 15) is 9.90 Å². The summed E-state index contributed by atoms with van der Waals surface area (Å²) in [4.78, 5) is 16.7. The van der Waals surface area contributed by atoms with Crippen LogP contribution in [0.15, 0.2) is 40.9 Å². The number of nitrogens with zero attached hydrogens (tertiary/aromatic N) is 3. The van der Waals surface area contributed by atoms with Gasteiger partial charge in [-0.2, -0.15) is 0 Å². The molecule has 1 N–H and O–H groups in total. The summed E-state index contributed by atoms with van der Waals surface area (Å²) in [6.07, 6.45) is 0.361. The zero-order chi connectivity index (χ0) is 18.5. The van der Waals surface area contributed by atoms with Crippen LogP contribution in [0.3, 0.4) is 0 Å². The quantitative estimate of drug-likeness (QED) is 0.891. The monoisotopic (exact) mass is 357 g/mol. The molecule has 2 heterocycles. The van der Waals surface area contributed by atoms with Gasteiger partial charge in [-0.15, -0.1) is 0 Å². The SMILES string of the molecule is CC(C)c1cc(C(=O)N2CCCN(CC(O)c3ccccc3)CC2)on1. The molecule has 3 rings (SSSR count). The summed E-state index contributed by atoms with van der Waals surface area (Å²) in [5.41, 5.74) is 1.73. The van der Waals surface area contributed by atoms with Crippen LogP contribution in [0.5, 0.6) is 0 Å². The van der Waals surface area contributed by atoms with Gasteiger partial charge in [-0.25, -0.2) is 0 Å². The van der Waals surface area contributed by atoms with Crippen molar-refractivity contribution in [3.05, 3.63) is 53.4 Å². The van der Waals surface area contributed by atoms with Crippen molar-refractivity contribution in [3.63, 3.8) is 0 Å². The molecule has 6 heteroatoms. The third kappa shape index (κ3) is 4.51. The molecule has 0 radical (unpaired) electrons. The molecule has 2 aromatic rings. The lowest BCUT2D eigenvalue weighted by Gasteiger charge is -2.24. The van der Waals surface area contributed by atoms with Crippen molar-refractivity contribution in [1.82, 2.24) is 15.0 Å². The summed E-state index contributed by atoms with van der Waals surface area (Å²) in [7, 11) is 0. The van der Waals surface area contributed by atoms with Gasteiger partial charge in [0.25, 0.3) is 5.91 Å². The molecule has 0 bridgehead atoms. The van der Waals surface area contributed by atoms with E-state index in [1.165, 1.54) is 0 Å². The summed E-state index contributed by atoms with van der Waals surface area (Å²) in [6, 6.07) is 11.4. The zero-order valence-electron chi connectivity index (χ0n) is 15.5. The molecule has 1 aliphatic heterocycles. The first-order valence-electron chi connectivity index (χ1n) is 9.26. The lowest BCUT2D eigenvalue weighted by Crippen LogP contribution is -2.36. The van der Waals surface area contributed by atoms with Crippen LogP contribution in [0, 0.1) is 0 Å². The number of amides is 1. The van der Waals surface area contributed by atoms with Gasteiger partial charge in [0.2, 0.25) is 5.76 Å². The Balaban J connectivity index is 1.56. The molecule has 1 aliphatic rings. The first kappa shape index (κ1) is 18.6. The number of β-amino-alcohol motifs (C(OH)–C–C–N with tert-alkyl or cyclic N) is 1. The molecule has 6 nitrogen and oxygen atoms in total. The molecule has 1 saturated heterocycles. The molecule has 0 spiro atoms. The summed E-state index contributed by atoms with van der Waals surface area (Å²) in [6.45, 7) is 7.53. The third-order valence-corrected chi connectivity index (χ3v) is 4.82. The zero-order valence-corrected chi connectivity index (χ0v) is 15.5. The van der Waals surface area contributed by atoms with Crippen molar-refractivity contribution >= 4 is 5.91 Å². The number of rotatable bonds is 5. The molecule has 1 fully saturated rings. The minimum absolute atomic E-state index is 0.102. The molecule has 0 aliphatic carbocycles. The Kier molecular flexibility index (Phi) is 6.06. The topological polar surface area (TPSA) is 69.8 Å². The van der Waals surface area contributed by atoms with E-state index < -0.39 is 6.10 Å². The van der Waals surface area contributed by atoms with E-state index in [-0.39, 0.29) is 11.8 Å². The Morgan fingerprint density at radius 1 is 1.19 bits per heavy atom. The van der Waals surface area contributed by atoms with Gasteiger partial charge < -0.3 is 14.5 Å². The van der Waals surface area contributed by atoms with E-state index in [0.29, 0.717) is 25.4 Å². The molecular weight excluding hydrogens is 330 g/mol. The first-order valence-corrected chi connectivity index (χ1v) is 9.26. The molecule has 1 unspecified atom stereocenters. The van der Waals surface area contributed by atoms with E-state index in [1.807, 2.05) is 49.1 Å². The highest BCUT2D eigenvalue weighted by Crippen LogP contribution is 2.18. The van der Waals surface area contributed by atoms with Crippen molar-refractivity contribution < 1.29 is 14.4 Å². The second-order valence-electron chi connectivity index (χ2n) is 7.14. The van der Waals surface area contributed by atoms with Crippen molar-refractivity contribution in [2.75, 3.05) is 32.7 Å². The van der Waals surface area contributed by atoms with Crippen molar-refractivity contribution in [1.29, 1.82) is 0 Å². The number of carbonyl (C=O) groups excluding carboxylic acids is 1. The maximum Gasteiger partial charge on any atom is 0.292 e. The smallest absolute Gasteiger partial charge is 0.292 e. The highest BCUT2D eigenvalue weighted by atomic mass is 16.5. The van der Waals surface area contributed by atoms with E-state index in [1.54, 1.807) is 6.07 Å². The van der Waals surface area contributed by atoms with Crippen LogP contribution in [0.4, 0.5) is 0 Å². The Bertz CT molecular complexity index is 714. The van der Waals surface area contributed by atoms with Crippen molar-refractivity contribution in [3.8, 4) is 0 Å². The molecule has 1 aromatic carbocycles. The van der Waals surface area contributed by atoms with Gasteiger partial charge in [-0.3, -0.25) is 9.69 Å². The molecule has 1 atom stereocenters. The van der Waals surface area contributed by atoms with Crippen LogP contribution in [-0.4, -0.2) is 58.7 Å². The highest BCUT2D eigenvalue weighted by Gasteiger charge is 2.24. The van der Waals surface area contributed by atoms with Gasteiger partial charge in [0.1, 0.15) is 0 Å². The van der Waals surface area contributed by atoms with E-state index >= 15 is 0 Å². The van der Waals surface area contributed by atoms with Gasteiger partial charge in [0.15, 0.2) is 0 Å². The number of hydrogen-bond donors (Lipinski definition) is 1. The third-order valence-electron chi connectivity index (χ3n) is 4.82. The van der Waals surface area contributed by atoms with Crippen LogP contribution in [0.1, 0.15) is 54.1 Å². The van der Waals surface area contributed by atoms with Gasteiger partial charge in [-0.05, 0) is 17.9 Å². The van der Waals surface area contributed by atoms with Crippen LogP contribution in [-0.2, 0) is 0 Å². The molecule has 140 valence electrons. The predicted octanol–water partition coefficient (Wildman–Crippen LogP) is 2.68. The minimum atomic E-state index is -0.513. The molecular formula is C20H27N3O3. The predicted molar refractivity (Wildman–Crippen MR) is 99.0 cm³/mol. The van der Waals surface area contributed by atoms with Gasteiger partial charge in [0, 0.05) is 38.8 Å². The molecule has 0 saturated carbocycles. The summed E-state index contributed by atoms with van der Waals surface area (Å²) < 4.78 is 5.24. The number of hydrogen-bond acceptors (Lipinski definition) is 5. The largest absolute Gasteiger partial charge is 0.387 e. The first-order chi connectivity index (χ1) is 12.5. The summed E-state index contributed by atoms with van der Waals surface area (Å²) in [5.74, 6) is 0.445. The minimum Gasteiger partial charge on any atom is -0.387 e. The van der Waals surface area contributed by atoms with Gasteiger partial charge in [-0.1, -0.05) is 49.3 Å². The second kappa shape index (κ2) is 8.47.